The van der Waals surface area contributed by atoms with Crippen LogP contribution in [0.15, 0.2) is 57.9 Å². The fraction of sp³-hybridized carbons (Fsp3) is 0.133. The average Bonchev–Trinajstić information content (AvgIpc) is 2.47. The summed E-state index contributed by atoms with van der Waals surface area (Å²) in [6.07, 6.45) is 0. The normalized spacial score (nSPS) is 12.6. The molecule has 0 heterocycles. The molecular weight excluding hydrogens is 352 g/mol. The van der Waals surface area contributed by atoms with Crippen LogP contribution in [0.1, 0.15) is 24.1 Å². The molecule has 0 fully saturated rings. The fourth-order valence-corrected chi connectivity index (χ4v) is 3.82. The van der Waals surface area contributed by atoms with Gasteiger partial charge in [-0.3, -0.25) is 0 Å². The van der Waals surface area contributed by atoms with Gasteiger partial charge < -0.3 is 0 Å². The first-order valence-electron chi connectivity index (χ1n) is 6.21. The molecule has 6 heteroatoms. The maximum absolute atomic E-state index is 12.4. The molecule has 0 radical (unpaired) electrons. The summed E-state index contributed by atoms with van der Waals surface area (Å²) in [5.74, 6) is 0. The molecule has 1 N–H and O–H groups in total. The molecule has 0 unspecified atom stereocenters. The zero-order chi connectivity index (χ0) is 15.5. The minimum absolute atomic E-state index is 0.0838. The molecule has 2 rings (SSSR count). The first kappa shape index (κ1) is 15.7. The van der Waals surface area contributed by atoms with Crippen LogP contribution in [0.4, 0.5) is 0 Å². The van der Waals surface area contributed by atoms with Gasteiger partial charge in [0.2, 0.25) is 10.0 Å². The van der Waals surface area contributed by atoms with Crippen molar-refractivity contribution in [2.24, 2.45) is 0 Å². The smallest absolute Gasteiger partial charge is 0.207 e. The number of halogens is 1. The quantitative estimate of drug-likeness (QED) is 0.903. The van der Waals surface area contributed by atoms with Crippen molar-refractivity contribution in [2.45, 2.75) is 17.9 Å². The molecule has 2 aromatic carbocycles. The van der Waals surface area contributed by atoms with Gasteiger partial charge in [-0.1, -0.05) is 40.2 Å². The molecule has 108 valence electrons. The lowest BCUT2D eigenvalue weighted by molar-refractivity contribution is 0.566. The fourth-order valence-electron chi connectivity index (χ4n) is 1.92. The van der Waals surface area contributed by atoms with Crippen molar-refractivity contribution in [1.29, 1.82) is 5.26 Å². The number of hydrogen-bond acceptors (Lipinski definition) is 3. The second-order valence-corrected chi connectivity index (χ2v) is 7.07. The summed E-state index contributed by atoms with van der Waals surface area (Å²) in [7, 11) is -3.68. The molecule has 0 bridgehead atoms. The molecule has 0 spiro atoms. The third kappa shape index (κ3) is 3.70. The van der Waals surface area contributed by atoms with E-state index in [1.807, 2.05) is 30.3 Å². The van der Waals surface area contributed by atoms with Crippen molar-refractivity contribution in [3.63, 3.8) is 0 Å². The van der Waals surface area contributed by atoms with Gasteiger partial charge in [-0.15, -0.1) is 0 Å². The lowest BCUT2D eigenvalue weighted by Crippen LogP contribution is -2.27. The van der Waals surface area contributed by atoms with Gasteiger partial charge in [0, 0.05) is 10.5 Å². The molecule has 0 saturated heterocycles. The SMILES string of the molecule is C[C@@H](NS(=O)(=O)c1cccc(C#N)c1)c1ccccc1Br. The van der Waals surface area contributed by atoms with Crippen molar-refractivity contribution in [3.8, 4) is 6.07 Å². The highest BCUT2D eigenvalue weighted by Gasteiger charge is 2.19. The Morgan fingerprint density at radius 3 is 2.57 bits per heavy atom. The van der Waals surface area contributed by atoms with Crippen LogP contribution in [-0.4, -0.2) is 8.42 Å². The number of benzene rings is 2. The third-order valence-corrected chi connectivity index (χ3v) is 5.24. The maximum atomic E-state index is 12.4. The average molecular weight is 365 g/mol. The Morgan fingerprint density at radius 2 is 1.90 bits per heavy atom. The minimum Gasteiger partial charge on any atom is -0.207 e. The van der Waals surface area contributed by atoms with E-state index in [2.05, 4.69) is 20.7 Å². The molecule has 4 nitrogen and oxygen atoms in total. The van der Waals surface area contributed by atoms with Gasteiger partial charge in [0.25, 0.3) is 0 Å². The molecule has 0 aromatic heterocycles. The monoisotopic (exact) mass is 364 g/mol. The van der Waals surface area contributed by atoms with Crippen LogP contribution in [-0.2, 0) is 10.0 Å². The molecule has 2 aromatic rings. The van der Waals surface area contributed by atoms with Gasteiger partial charge in [-0.05, 0) is 36.8 Å². The van der Waals surface area contributed by atoms with Gasteiger partial charge in [0.05, 0.1) is 16.5 Å². The highest BCUT2D eigenvalue weighted by atomic mass is 79.9. The number of nitriles is 1. The van der Waals surface area contributed by atoms with Crippen molar-refractivity contribution < 1.29 is 8.42 Å². The van der Waals surface area contributed by atoms with Gasteiger partial charge in [0.15, 0.2) is 0 Å². The van der Waals surface area contributed by atoms with E-state index in [1.165, 1.54) is 12.1 Å². The molecule has 0 aliphatic carbocycles. The minimum atomic E-state index is -3.68. The lowest BCUT2D eigenvalue weighted by Gasteiger charge is -2.16. The maximum Gasteiger partial charge on any atom is 0.241 e. The summed E-state index contributed by atoms with van der Waals surface area (Å²) < 4.78 is 28.2. The number of sulfonamides is 1. The van der Waals surface area contributed by atoms with Gasteiger partial charge in [-0.25, -0.2) is 13.1 Å². The Hall–Kier alpha value is -1.68. The summed E-state index contributed by atoms with van der Waals surface area (Å²) >= 11 is 3.41. The molecule has 21 heavy (non-hydrogen) atoms. The summed E-state index contributed by atoms with van der Waals surface area (Å²) in [4.78, 5) is 0.0838. The van der Waals surface area contributed by atoms with Crippen molar-refractivity contribution in [2.75, 3.05) is 0 Å². The highest BCUT2D eigenvalue weighted by Crippen LogP contribution is 2.24. The van der Waals surface area contributed by atoms with Crippen LogP contribution in [0.2, 0.25) is 0 Å². The van der Waals surface area contributed by atoms with E-state index in [0.29, 0.717) is 5.56 Å². The highest BCUT2D eigenvalue weighted by molar-refractivity contribution is 9.10. The standard InChI is InChI=1S/C15H13BrN2O2S/c1-11(14-7-2-3-8-15(14)16)18-21(19,20)13-6-4-5-12(9-13)10-17/h2-9,11,18H,1H3/t11-/m1/s1. The molecule has 0 amide bonds. The van der Waals surface area contributed by atoms with E-state index in [9.17, 15) is 8.42 Å². The van der Waals surface area contributed by atoms with E-state index in [0.717, 1.165) is 10.0 Å². The predicted octanol–water partition coefficient (Wildman–Crippen LogP) is 3.36. The van der Waals surface area contributed by atoms with Crippen molar-refractivity contribution >= 4 is 26.0 Å². The van der Waals surface area contributed by atoms with Crippen LogP contribution in [0.25, 0.3) is 0 Å². The number of nitrogens with zero attached hydrogens (tertiary/aromatic N) is 1. The second kappa shape index (κ2) is 6.39. The summed E-state index contributed by atoms with van der Waals surface area (Å²) in [5, 5.41) is 8.85. The van der Waals surface area contributed by atoms with Crippen LogP contribution in [0, 0.1) is 11.3 Å². The van der Waals surface area contributed by atoms with Crippen LogP contribution in [0.5, 0.6) is 0 Å². The first-order chi connectivity index (χ1) is 9.94. The van der Waals surface area contributed by atoms with Gasteiger partial charge >= 0.3 is 0 Å². The topological polar surface area (TPSA) is 70.0 Å². The van der Waals surface area contributed by atoms with E-state index in [-0.39, 0.29) is 4.90 Å². The second-order valence-electron chi connectivity index (χ2n) is 4.50. The molecule has 0 aliphatic heterocycles. The number of hydrogen-bond donors (Lipinski definition) is 1. The summed E-state index contributed by atoms with van der Waals surface area (Å²) in [6.45, 7) is 1.77. The van der Waals surface area contributed by atoms with E-state index in [1.54, 1.807) is 19.1 Å². The van der Waals surface area contributed by atoms with Crippen LogP contribution < -0.4 is 4.72 Å². The van der Waals surface area contributed by atoms with E-state index in [4.69, 9.17) is 5.26 Å². The third-order valence-electron chi connectivity index (χ3n) is 2.98. The predicted molar refractivity (Wildman–Crippen MR) is 84.0 cm³/mol. The molecule has 1 atom stereocenters. The van der Waals surface area contributed by atoms with Crippen LogP contribution >= 0.6 is 15.9 Å². The number of nitrogens with one attached hydrogen (secondary N) is 1. The lowest BCUT2D eigenvalue weighted by atomic mass is 10.1. The van der Waals surface area contributed by atoms with Gasteiger partial charge in [-0.2, -0.15) is 5.26 Å². The first-order valence-corrected chi connectivity index (χ1v) is 8.48. The molecule has 0 aliphatic rings. The zero-order valence-corrected chi connectivity index (χ0v) is 13.6. The Bertz CT molecular complexity index is 797. The van der Waals surface area contributed by atoms with Crippen LogP contribution in [0.3, 0.4) is 0 Å². The van der Waals surface area contributed by atoms with Crippen molar-refractivity contribution in [3.05, 3.63) is 64.1 Å². The summed E-state index contributed by atoms with van der Waals surface area (Å²) in [5.41, 5.74) is 1.16. The van der Waals surface area contributed by atoms with Gasteiger partial charge in [0.1, 0.15) is 0 Å². The van der Waals surface area contributed by atoms with E-state index < -0.39 is 16.1 Å². The molecular formula is C15H13BrN2O2S. The zero-order valence-electron chi connectivity index (χ0n) is 11.2. The molecule has 0 saturated carbocycles. The summed E-state index contributed by atoms with van der Waals surface area (Å²) in [6, 6.07) is 14.9. The van der Waals surface area contributed by atoms with E-state index >= 15 is 0 Å². The Morgan fingerprint density at radius 1 is 1.19 bits per heavy atom. The Balaban J connectivity index is 2.29. The largest absolute Gasteiger partial charge is 0.241 e. The Kier molecular flexibility index (Phi) is 4.78. The van der Waals surface area contributed by atoms with Crippen molar-refractivity contribution in [1.82, 2.24) is 4.72 Å². The Labute approximate surface area is 132 Å². The number of rotatable bonds is 4.